The summed E-state index contributed by atoms with van der Waals surface area (Å²) in [4.78, 5) is 13.3. The summed E-state index contributed by atoms with van der Waals surface area (Å²) in [6.07, 6.45) is 0. The summed E-state index contributed by atoms with van der Waals surface area (Å²) >= 11 is 0. The number of ether oxygens (including phenoxy) is 1. The quantitative estimate of drug-likeness (QED) is 0.861. The average molecular weight is 235 g/mol. The number of hydrogen-bond acceptors (Lipinski definition) is 3. The van der Waals surface area contributed by atoms with E-state index in [1.165, 1.54) is 0 Å². The van der Waals surface area contributed by atoms with Crippen molar-refractivity contribution in [1.82, 2.24) is 4.90 Å². The van der Waals surface area contributed by atoms with Crippen LogP contribution in [0.1, 0.15) is 11.5 Å². The van der Waals surface area contributed by atoms with Crippen molar-refractivity contribution in [3.05, 3.63) is 29.8 Å². The molecule has 2 unspecified atom stereocenters. The van der Waals surface area contributed by atoms with Gasteiger partial charge in [-0.1, -0.05) is 18.2 Å². The first-order valence-electron chi connectivity index (χ1n) is 5.67. The summed E-state index contributed by atoms with van der Waals surface area (Å²) in [7, 11) is 3.57. The highest BCUT2D eigenvalue weighted by Gasteiger charge is 2.38. The normalized spacial score (nSPS) is 24.8. The Kier molecular flexibility index (Phi) is 3.33. The first-order chi connectivity index (χ1) is 8.13. The van der Waals surface area contributed by atoms with Gasteiger partial charge < -0.3 is 14.7 Å². The lowest BCUT2D eigenvalue weighted by Gasteiger charge is -2.17. The zero-order valence-electron chi connectivity index (χ0n) is 10.1. The van der Waals surface area contributed by atoms with Crippen molar-refractivity contribution in [1.29, 1.82) is 0 Å². The second-order valence-electron chi connectivity index (χ2n) is 4.51. The van der Waals surface area contributed by atoms with Crippen LogP contribution in [0.25, 0.3) is 0 Å². The van der Waals surface area contributed by atoms with E-state index in [4.69, 9.17) is 4.74 Å². The molecule has 1 aliphatic rings. The van der Waals surface area contributed by atoms with Gasteiger partial charge in [-0.05, 0) is 18.7 Å². The van der Waals surface area contributed by atoms with Crippen LogP contribution in [0.4, 0.5) is 0 Å². The molecular weight excluding hydrogens is 218 g/mol. The SMILES string of the molecule is COc1ccccc1C1CN(C)CC1C(=O)O. The van der Waals surface area contributed by atoms with Crippen LogP contribution in [-0.2, 0) is 4.79 Å². The molecule has 92 valence electrons. The second kappa shape index (κ2) is 4.75. The molecular formula is C13H17NO3. The Balaban J connectivity index is 2.34. The van der Waals surface area contributed by atoms with Gasteiger partial charge in [-0.25, -0.2) is 0 Å². The Morgan fingerprint density at radius 3 is 2.76 bits per heavy atom. The van der Waals surface area contributed by atoms with E-state index in [0.717, 1.165) is 17.9 Å². The molecule has 4 heteroatoms. The minimum Gasteiger partial charge on any atom is -0.496 e. The zero-order chi connectivity index (χ0) is 12.4. The molecule has 17 heavy (non-hydrogen) atoms. The molecule has 1 fully saturated rings. The third-order valence-electron chi connectivity index (χ3n) is 3.36. The van der Waals surface area contributed by atoms with Crippen LogP contribution in [0.3, 0.4) is 0 Å². The number of likely N-dealkylation sites (N-methyl/N-ethyl adjacent to an activating group) is 1. The maximum absolute atomic E-state index is 11.3. The molecule has 0 spiro atoms. The molecule has 1 aromatic rings. The molecule has 0 bridgehead atoms. The molecule has 0 aromatic heterocycles. The number of benzene rings is 1. The van der Waals surface area contributed by atoms with Gasteiger partial charge in [0.05, 0.1) is 13.0 Å². The van der Waals surface area contributed by atoms with Gasteiger partial charge in [-0.3, -0.25) is 4.79 Å². The number of methoxy groups -OCH3 is 1. The second-order valence-corrected chi connectivity index (χ2v) is 4.51. The number of carbonyl (C=O) groups is 1. The van der Waals surface area contributed by atoms with E-state index in [1.807, 2.05) is 31.3 Å². The predicted molar refractivity (Wildman–Crippen MR) is 64.4 cm³/mol. The summed E-state index contributed by atoms with van der Waals surface area (Å²) in [6, 6.07) is 7.66. The summed E-state index contributed by atoms with van der Waals surface area (Å²) < 4.78 is 5.31. The predicted octanol–water partition coefficient (Wildman–Crippen LogP) is 1.43. The Morgan fingerprint density at radius 1 is 1.41 bits per heavy atom. The third-order valence-corrected chi connectivity index (χ3v) is 3.36. The first-order valence-corrected chi connectivity index (χ1v) is 5.67. The van der Waals surface area contributed by atoms with E-state index in [1.54, 1.807) is 7.11 Å². The number of aliphatic carboxylic acids is 1. The van der Waals surface area contributed by atoms with Crippen molar-refractivity contribution < 1.29 is 14.6 Å². The Hall–Kier alpha value is -1.55. The van der Waals surface area contributed by atoms with Crippen LogP contribution >= 0.6 is 0 Å². The van der Waals surface area contributed by atoms with E-state index in [9.17, 15) is 9.90 Å². The fourth-order valence-corrected chi connectivity index (χ4v) is 2.54. The number of rotatable bonds is 3. The largest absolute Gasteiger partial charge is 0.496 e. The highest BCUT2D eigenvalue weighted by atomic mass is 16.5. The molecule has 1 aliphatic heterocycles. The molecule has 1 N–H and O–H groups in total. The molecule has 0 radical (unpaired) electrons. The highest BCUT2D eigenvalue weighted by Crippen LogP contribution is 2.36. The highest BCUT2D eigenvalue weighted by molar-refractivity contribution is 5.72. The molecule has 4 nitrogen and oxygen atoms in total. The number of likely N-dealkylation sites (tertiary alicyclic amines) is 1. The van der Waals surface area contributed by atoms with E-state index in [0.29, 0.717) is 6.54 Å². The van der Waals surface area contributed by atoms with Gasteiger partial charge in [0.15, 0.2) is 0 Å². The van der Waals surface area contributed by atoms with Gasteiger partial charge >= 0.3 is 5.97 Å². The molecule has 1 saturated heterocycles. The Bertz CT molecular complexity index is 419. The Labute approximate surface area is 101 Å². The maximum Gasteiger partial charge on any atom is 0.308 e. The third kappa shape index (κ3) is 2.26. The number of para-hydroxylation sites is 1. The van der Waals surface area contributed by atoms with Crippen LogP contribution < -0.4 is 4.74 Å². The van der Waals surface area contributed by atoms with Crippen molar-refractivity contribution >= 4 is 5.97 Å². The van der Waals surface area contributed by atoms with Crippen LogP contribution in [0.2, 0.25) is 0 Å². The van der Waals surface area contributed by atoms with Crippen molar-refractivity contribution in [2.75, 3.05) is 27.2 Å². The fraction of sp³-hybridized carbons (Fsp3) is 0.462. The van der Waals surface area contributed by atoms with Crippen molar-refractivity contribution in [2.45, 2.75) is 5.92 Å². The monoisotopic (exact) mass is 235 g/mol. The topological polar surface area (TPSA) is 49.8 Å². The summed E-state index contributed by atoms with van der Waals surface area (Å²) in [5.41, 5.74) is 0.992. The molecule has 0 aliphatic carbocycles. The van der Waals surface area contributed by atoms with E-state index in [2.05, 4.69) is 4.90 Å². The lowest BCUT2D eigenvalue weighted by atomic mass is 9.88. The lowest BCUT2D eigenvalue weighted by molar-refractivity contribution is -0.141. The molecule has 0 saturated carbocycles. The van der Waals surface area contributed by atoms with Gasteiger partial charge in [0.25, 0.3) is 0 Å². The average Bonchev–Trinajstić information content (AvgIpc) is 2.71. The minimum absolute atomic E-state index is 0.00801. The fourth-order valence-electron chi connectivity index (χ4n) is 2.54. The number of nitrogens with zero attached hydrogens (tertiary/aromatic N) is 1. The first kappa shape index (κ1) is 11.9. The van der Waals surface area contributed by atoms with Crippen molar-refractivity contribution in [3.8, 4) is 5.75 Å². The zero-order valence-corrected chi connectivity index (χ0v) is 10.1. The Morgan fingerprint density at radius 2 is 2.12 bits per heavy atom. The van der Waals surface area contributed by atoms with Gasteiger partial charge in [0.1, 0.15) is 5.75 Å². The summed E-state index contributed by atoms with van der Waals surface area (Å²) in [6.45, 7) is 1.36. The molecule has 0 amide bonds. The number of hydrogen-bond donors (Lipinski definition) is 1. The molecule has 1 heterocycles. The maximum atomic E-state index is 11.3. The van der Waals surface area contributed by atoms with Crippen LogP contribution in [0.15, 0.2) is 24.3 Å². The van der Waals surface area contributed by atoms with Gasteiger partial charge in [0.2, 0.25) is 0 Å². The van der Waals surface area contributed by atoms with Gasteiger partial charge in [-0.2, -0.15) is 0 Å². The number of carboxylic acids is 1. The van der Waals surface area contributed by atoms with Crippen LogP contribution in [0.5, 0.6) is 5.75 Å². The lowest BCUT2D eigenvalue weighted by Crippen LogP contribution is -2.21. The van der Waals surface area contributed by atoms with Crippen molar-refractivity contribution in [2.24, 2.45) is 5.92 Å². The van der Waals surface area contributed by atoms with E-state index >= 15 is 0 Å². The molecule has 2 atom stereocenters. The summed E-state index contributed by atoms with van der Waals surface area (Å²) in [5.74, 6) is -0.297. The minimum atomic E-state index is -0.731. The van der Waals surface area contributed by atoms with Crippen LogP contribution in [0, 0.1) is 5.92 Å². The van der Waals surface area contributed by atoms with Gasteiger partial charge in [-0.15, -0.1) is 0 Å². The van der Waals surface area contributed by atoms with E-state index < -0.39 is 5.97 Å². The standard InChI is InChI=1S/C13H17NO3/c1-14-7-10(11(8-14)13(15)16)9-5-3-4-6-12(9)17-2/h3-6,10-11H,7-8H2,1-2H3,(H,15,16). The van der Waals surface area contributed by atoms with Crippen LogP contribution in [-0.4, -0.2) is 43.2 Å². The molecule has 2 rings (SSSR count). The van der Waals surface area contributed by atoms with Crippen molar-refractivity contribution in [3.63, 3.8) is 0 Å². The number of carboxylic acid groups (broad SMARTS) is 1. The van der Waals surface area contributed by atoms with E-state index in [-0.39, 0.29) is 11.8 Å². The molecule has 1 aromatic carbocycles. The van der Waals surface area contributed by atoms with Gasteiger partial charge in [0, 0.05) is 19.0 Å². The smallest absolute Gasteiger partial charge is 0.308 e. The summed E-state index contributed by atoms with van der Waals surface area (Å²) in [5, 5.41) is 9.26.